The average molecular weight is 312 g/mol. The lowest BCUT2D eigenvalue weighted by atomic mass is 10.3. The number of ether oxygens (including phenoxy) is 1. The van der Waals surface area contributed by atoms with Gasteiger partial charge in [-0.2, -0.15) is 0 Å². The maximum Gasteiger partial charge on any atom is 0.237 e. The normalized spacial score (nSPS) is 10.6. The van der Waals surface area contributed by atoms with E-state index in [0.29, 0.717) is 28.2 Å². The maximum atomic E-state index is 5.90. The van der Waals surface area contributed by atoms with E-state index in [2.05, 4.69) is 22.2 Å². The summed E-state index contributed by atoms with van der Waals surface area (Å²) < 4.78 is 5.56. The number of aromatic nitrogens is 2. The SMILES string of the molecule is CCCNCc1cnc(Oc2cc(Cl)cc(Cl)c2)cn1. The van der Waals surface area contributed by atoms with E-state index in [0.717, 1.165) is 18.7 Å². The molecular formula is C14H15Cl2N3O. The molecular weight excluding hydrogens is 297 g/mol. The van der Waals surface area contributed by atoms with E-state index in [1.54, 1.807) is 30.6 Å². The Hall–Kier alpha value is -1.36. The molecule has 4 nitrogen and oxygen atoms in total. The summed E-state index contributed by atoms with van der Waals surface area (Å²) in [6, 6.07) is 4.99. The summed E-state index contributed by atoms with van der Waals surface area (Å²) in [6.07, 6.45) is 4.35. The Labute approximate surface area is 128 Å². The van der Waals surface area contributed by atoms with E-state index in [9.17, 15) is 0 Å². The second-order valence-electron chi connectivity index (χ2n) is 4.23. The summed E-state index contributed by atoms with van der Waals surface area (Å²) in [5, 5.41) is 4.29. The molecule has 0 atom stereocenters. The van der Waals surface area contributed by atoms with Crippen LogP contribution in [-0.2, 0) is 6.54 Å². The molecule has 0 saturated carbocycles. The molecule has 0 saturated heterocycles. The number of hydrogen-bond donors (Lipinski definition) is 1. The zero-order chi connectivity index (χ0) is 14.4. The number of nitrogens with zero attached hydrogens (tertiary/aromatic N) is 2. The molecule has 0 aliphatic carbocycles. The highest BCUT2D eigenvalue weighted by molar-refractivity contribution is 6.34. The van der Waals surface area contributed by atoms with Crippen LogP contribution in [0.15, 0.2) is 30.6 Å². The van der Waals surface area contributed by atoms with Gasteiger partial charge in [0.1, 0.15) is 5.75 Å². The lowest BCUT2D eigenvalue weighted by Crippen LogP contribution is -2.14. The highest BCUT2D eigenvalue weighted by Crippen LogP contribution is 2.27. The predicted molar refractivity (Wildman–Crippen MR) is 80.6 cm³/mol. The summed E-state index contributed by atoms with van der Waals surface area (Å²) in [4.78, 5) is 8.48. The molecule has 0 spiro atoms. The monoisotopic (exact) mass is 311 g/mol. The third kappa shape index (κ3) is 4.63. The van der Waals surface area contributed by atoms with Crippen molar-refractivity contribution in [1.29, 1.82) is 0 Å². The van der Waals surface area contributed by atoms with Crippen LogP contribution in [0.4, 0.5) is 0 Å². The van der Waals surface area contributed by atoms with Crippen LogP contribution in [0.2, 0.25) is 10.0 Å². The van der Waals surface area contributed by atoms with Gasteiger partial charge in [-0.1, -0.05) is 30.1 Å². The van der Waals surface area contributed by atoms with Crippen LogP contribution >= 0.6 is 23.2 Å². The van der Waals surface area contributed by atoms with Crippen molar-refractivity contribution in [3.63, 3.8) is 0 Å². The Morgan fingerprint density at radius 2 is 1.85 bits per heavy atom. The second kappa shape index (κ2) is 7.43. The van der Waals surface area contributed by atoms with Crippen LogP contribution in [0.25, 0.3) is 0 Å². The molecule has 0 aliphatic heterocycles. The van der Waals surface area contributed by atoms with Crippen molar-refractivity contribution >= 4 is 23.2 Å². The van der Waals surface area contributed by atoms with E-state index >= 15 is 0 Å². The van der Waals surface area contributed by atoms with Crippen molar-refractivity contribution in [3.8, 4) is 11.6 Å². The summed E-state index contributed by atoms with van der Waals surface area (Å²) in [6.45, 7) is 3.77. The van der Waals surface area contributed by atoms with Gasteiger partial charge in [-0.3, -0.25) is 4.98 Å². The van der Waals surface area contributed by atoms with Crippen molar-refractivity contribution in [2.45, 2.75) is 19.9 Å². The van der Waals surface area contributed by atoms with Gasteiger partial charge < -0.3 is 10.1 Å². The van der Waals surface area contributed by atoms with Crippen molar-refractivity contribution < 1.29 is 4.74 Å². The summed E-state index contributed by atoms with van der Waals surface area (Å²) >= 11 is 11.8. The molecule has 1 aromatic heterocycles. The Morgan fingerprint density at radius 1 is 1.10 bits per heavy atom. The van der Waals surface area contributed by atoms with Crippen molar-refractivity contribution in [3.05, 3.63) is 46.3 Å². The van der Waals surface area contributed by atoms with Gasteiger partial charge in [-0.05, 0) is 31.2 Å². The van der Waals surface area contributed by atoms with Gasteiger partial charge in [-0.15, -0.1) is 0 Å². The first-order valence-electron chi connectivity index (χ1n) is 6.33. The van der Waals surface area contributed by atoms with Gasteiger partial charge in [-0.25, -0.2) is 4.98 Å². The van der Waals surface area contributed by atoms with E-state index in [1.807, 2.05) is 0 Å². The molecule has 0 fully saturated rings. The third-order valence-corrected chi connectivity index (χ3v) is 2.91. The lowest BCUT2D eigenvalue weighted by molar-refractivity contribution is 0.459. The Balaban J connectivity index is 1.99. The molecule has 1 N–H and O–H groups in total. The van der Waals surface area contributed by atoms with Crippen LogP contribution in [0.5, 0.6) is 11.6 Å². The van der Waals surface area contributed by atoms with Crippen LogP contribution in [0.3, 0.4) is 0 Å². The molecule has 0 bridgehead atoms. The molecule has 20 heavy (non-hydrogen) atoms. The standard InChI is InChI=1S/C14H15Cl2N3O/c1-2-3-17-7-12-8-19-14(9-18-12)20-13-5-10(15)4-11(16)6-13/h4-6,8-9,17H,2-3,7H2,1H3. The van der Waals surface area contributed by atoms with E-state index < -0.39 is 0 Å². The Morgan fingerprint density at radius 3 is 2.45 bits per heavy atom. The van der Waals surface area contributed by atoms with Crippen LogP contribution in [0, 0.1) is 0 Å². The highest BCUT2D eigenvalue weighted by Gasteiger charge is 2.03. The molecule has 2 aromatic rings. The fourth-order valence-electron chi connectivity index (χ4n) is 1.59. The number of rotatable bonds is 6. The van der Waals surface area contributed by atoms with Crippen LogP contribution in [0.1, 0.15) is 19.0 Å². The average Bonchev–Trinajstić information content (AvgIpc) is 2.40. The second-order valence-corrected chi connectivity index (χ2v) is 5.10. The fraction of sp³-hybridized carbons (Fsp3) is 0.286. The minimum absolute atomic E-state index is 0.405. The summed E-state index contributed by atoms with van der Waals surface area (Å²) in [7, 11) is 0. The molecule has 2 rings (SSSR count). The lowest BCUT2D eigenvalue weighted by Gasteiger charge is -2.06. The number of hydrogen-bond acceptors (Lipinski definition) is 4. The zero-order valence-electron chi connectivity index (χ0n) is 11.1. The van der Waals surface area contributed by atoms with Crippen molar-refractivity contribution in [2.75, 3.05) is 6.54 Å². The molecule has 0 unspecified atom stereocenters. The van der Waals surface area contributed by atoms with Gasteiger partial charge >= 0.3 is 0 Å². The van der Waals surface area contributed by atoms with Gasteiger partial charge in [0, 0.05) is 16.6 Å². The first kappa shape index (κ1) is 15.0. The topological polar surface area (TPSA) is 47.0 Å². The maximum absolute atomic E-state index is 5.90. The Bertz CT molecular complexity index is 541. The smallest absolute Gasteiger partial charge is 0.237 e. The van der Waals surface area contributed by atoms with Gasteiger partial charge in [0.2, 0.25) is 5.88 Å². The minimum atomic E-state index is 0.405. The first-order chi connectivity index (χ1) is 9.67. The van der Waals surface area contributed by atoms with E-state index in [1.165, 1.54) is 0 Å². The van der Waals surface area contributed by atoms with Gasteiger partial charge in [0.25, 0.3) is 0 Å². The van der Waals surface area contributed by atoms with Crippen molar-refractivity contribution in [1.82, 2.24) is 15.3 Å². The third-order valence-electron chi connectivity index (χ3n) is 2.47. The quantitative estimate of drug-likeness (QED) is 0.817. The largest absolute Gasteiger partial charge is 0.437 e. The van der Waals surface area contributed by atoms with Gasteiger partial charge in [0.05, 0.1) is 18.1 Å². The number of benzene rings is 1. The zero-order valence-corrected chi connectivity index (χ0v) is 12.6. The van der Waals surface area contributed by atoms with E-state index in [-0.39, 0.29) is 0 Å². The van der Waals surface area contributed by atoms with E-state index in [4.69, 9.17) is 27.9 Å². The molecule has 0 aliphatic rings. The van der Waals surface area contributed by atoms with Crippen molar-refractivity contribution in [2.24, 2.45) is 0 Å². The molecule has 1 aromatic carbocycles. The highest BCUT2D eigenvalue weighted by atomic mass is 35.5. The summed E-state index contributed by atoms with van der Waals surface area (Å²) in [5.41, 5.74) is 0.870. The fourth-order valence-corrected chi connectivity index (χ4v) is 2.09. The predicted octanol–water partition coefficient (Wildman–Crippen LogP) is 4.08. The molecule has 0 radical (unpaired) electrons. The van der Waals surface area contributed by atoms with Gasteiger partial charge in [0.15, 0.2) is 0 Å². The molecule has 106 valence electrons. The summed E-state index contributed by atoms with van der Waals surface area (Å²) in [5.74, 6) is 0.941. The minimum Gasteiger partial charge on any atom is -0.437 e. The molecule has 0 amide bonds. The molecule has 6 heteroatoms. The van der Waals surface area contributed by atoms with Crippen LogP contribution < -0.4 is 10.1 Å². The number of halogens is 2. The molecule has 1 heterocycles. The Kier molecular flexibility index (Phi) is 5.59. The van der Waals surface area contributed by atoms with Crippen LogP contribution in [-0.4, -0.2) is 16.5 Å². The number of nitrogens with one attached hydrogen (secondary N) is 1. The first-order valence-corrected chi connectivity index (χ1v) is 7.08.